The van der Waals surface area contributed by atoms with Crippen LogP contribution in [0.3, 0.4) is 0 Å². The Morgan fingerprint density at radius 3 is 2.68 bits per heavy atom. The molecule has 126 valence electrons. The number of aromatic nitrogens is 4. The van der Waals surface area contributed by atoms with Crippen molar-refractivity contribution in [1.82, 2.24) is 19.3 Å². The second kappa shape index (κ2) is 5.70. The van der Waals surface area contributed by atoms with E-state index >= 15 is 0 Å². The van der Waals surface area contributed by atoms with E-state index in [1.807, 2.05) is 51.2 Å². The second-order valence-corrected chi connectivity index (χ2v) is 6.55. The molecule has 0 amide bonds. The molecule has 0 atom stereocenters. The van der Waals surface area contributed by atoms with Crippen LogP contribution in [0.2, 0.25) is 5.02 Å². The van der Waals surface area contributed by atoms with E-state index in [-0.39, 0.29) is 5.56 Å². The van der Waals surface area contributed by atoms with Gasteiger partial charge in [-0.25, -0.2) is 0 Å². The van der Waals surface area contributed by atoms with Gasteiger partial charge in [0.1, 0.15) is 0 Å². The summed E-state index contributed by atoms with van der Waals surface area (Å²) in [6.07, 6.45) is 3.67. The van der Waals surface area contributed by atoms with Gasteiger partial charge in [-0.1, -0.05) is 17.7 Å². The quantitative estimate of drug-likeness (QED) is 0.547. The summed E-state index contributed by atoms with van der Waals surface area (Å²) in [4.78, 5) is 17.7. The fraction of sp³-hybridized carbons (Fsp3) is 0.211. The molecule has 3 heterocycles. The van der Waals surface area contributed by atoms with E-state index in [2.05, 4.69) is 10.1 Å². The lowest BCUT2D eigenvalue weighted by atomic mass is 10.1. The van der Waals surface area contributed by atoms with Crippen molar-refractivity contribution in [3.05, 3.63) is 63.3 Å². The van der Waals surface area contributed by atoms with Gasteiger partial charge in [-0.15, -0.1) is 0 Å². The summed E-state index contributed by atoms with van der Waals surface area (Å²) < 4.78 is 3.47. The topological polar surface area (TPSA) is 52.7 Å². The third-order valence-corrected chi connectivity index (χ3v) is 4.75. The van der Waals surface area contributed by atoms with Gasteiger partial charge in [0.25, 0.3) is 5.56 Å². The fourth-order valence-corrected chi connectivity index (χ4v) is 3.48. The SMILES string of the molecule is CCn1cc2c(n1)c(=O)n(-c1c(C)ccnc1C)c1cc(Cl)ccc21. The van der Waals surface area contributed by atoms with Gasteiger partial charge in [0.15, 0.2) is 5.52 Å². The van der Waals surface area contributed by atoms with E-state index in [4.69, 9.17) is 11.6 Å². The molecule has 25 heavy (non-hydrogen) atoms. The van der Waals surface area contributed by atoms with Crippen LogP contribution in [0.5, 0.6) is 0 Å². The molecule has 0 unspecified atom stereocenters. The van der Waals surface area contributed by atoms with E-state index in [1.54, 1.807) is 15.4 Å². The fourth-order valence-electron chi connectivity index (χ4n) is 3.32. The highest BCUT2D eigenvalue weighted by molar-refractivity contribution is 6.31. The first-order valence-corrected chi connectivity index (χ1v) is 8.53. The van der Waals surface area contributed by atoms with Crippen LogP contribution in [-0.2, 0) is 6.54 Å². The summed E-state index contributed by atoms with van der Waals surface area (Å²) in [5.41, 5.74) is 3.62. The van der Waals surface area contributed by atoms with E-state index in [9.17, 15) is 4.79 Å². The van der Waals surface area contributed by atoms with Crippen molar-refractivity contribution in [2.24, 2.45) is 0 Å². The Labute approximate surface area is 149 Å². The van der Waals surface area contributed by atoms with Crippen LogP contribution in [0, 0.1) is 13.8 Å². The third-order valence-electron chi connectivity index (χ3n) is 4.51. The minimum atomic E-state index is -0.156. The first kappa shape index (κ1) is 15.8. The van der Waals surface area contributed by atoms with Gasteiger partial charge in [-0.2, -0.15) is 5.10 Å². The minimum Gasteiger partial charge on any atom is -0.273 e. The number of aryl methyl sites for hydroxylation is 3. The monoisotopic (exact) mass is 352 g/mol. The zero-order valence-corrected chi connectivity index (χ0v) is 15.0. The van der Waals surface area contributed by atoms with Crippen LogP contribution in [0.1, 0.15) is 18.2 Å². The van der Waals surface area contributed by atoms with Crippen molar-refractivity contribution >= 4 is 33.4 Å². The smallest absolute Gasteiger partial charge is 0.273 e. The summed E-state index contributed by atoms with van der Waals surface area (Å²) in [6.45, 7) is 6.58. The Kier molecular flexibility index (Phi) is 3.62. The Morgan fingerprint density at radius 1 is 1.16 bits per heavy atom. The maximum absolute atomic E-state index is 13.3. The number of hydrogen-bond acceptors (Lipinski definition) is 3. The molecule has 0 radical (unpaired) electrons. The highest BCUT2D eigenvalue weighted by Gasteiger charge is 2.18. The molecule has 0 fully saturated rings. The summed E-state index contributed by atoms with van der Waals surface area (Å²) in [6, 6.07) is 7.51. The molecule has 0 N–H and O–H groups in total. The van der Waals surface area contributed by atoms with Gasteiger partial charge in [-0.05, 0) is 44.5 Å². The van der Waals surface area contributed by atoms with Crippen molar-refractivity contribution in [1.29, 1.82) is 0 Å². The lowest BCUT2D eigenvalue weighted by Crippen LogP contribution is -2.21. The lowest BCUT2D eigenvalue weighted by Gasteiger charge is -2.15. The second-order valence-electron chi connectivity index (χ2n) is 6.11. The molecule has 0 aliphatic heterocycles. The predicted octanol–water partition coefficient (Wildman–Crippen LogP) is 4.03. The number of nitrogens with zero attached hydrogens (tertiary/aromatic N) is 4. The molecular weight excluding hydrogens is 336 g/mol. The molecule has 3 aromatic heterocycles. The first-order chi connectivity index (χ1) is 12.0. The number of benzene rings is 1. The molecule has 0 aliphatic rings. The molecule has 5 nitrogen and oxygen atoms in total. The Morgan fingerprint density at radius 2 is 1.96 bits per heavy atom. The zero-order valence-electron chi connectivity index (χ0n) is 14.2. The van der Waals surface area contributed by atoms with Crippen LogP contribution in [-0.4, -0.2) is 19.3 Å². The van der Waals surface area contributed by atoms with Crippen molar-refractivity contribution < 1.29 is 0 Å². The molecule has 4 aromatic rings. The molecule has 0 saturated carbocycles. The van der Waals surface area contributed by atoms with Gasteiger partial charge >= 0.3 is 0 Å². The van der Waals surface area contributed by atoms with E-state index in [1.165, 1.54) is 0 Å². The zero-order chi connectivity index (χ0) is 17.7. The molecule has 6 heteroatoms. The Bertz CT molecular complexity index is 1170. The van der Waals surface area contributed by atoms with Crippen LogP contribution in [0.25, 0.3) is 27.5 Å². The summed E-state index contributed by atoms with van der Waals surface area (Å²) in [7, 11) is 0. The van der Waals surface area contributed by atoms with Gasteiger partial charge in [0.05, 0.1) is 16.9 Å². The number of rotatable bonds is 2. The van der Waals surface area contributed by atoms with Gasteiger partial charge in [0, 0.05) is 34.7 Å². The highest BCUT2D eigenvalue weighted by atomic mass is 35.5. The van der Waals surface area contributed by atoms with E-state index in [0.29, 0.717) is 17.1 Å². The molecule has 0 bridgehead atoms. The van der Waals surface area contributed by atoms with Gasteiger partial charge in [0.2, 0.25) is 0 Å². The largest absolute Gasteiger partial charge is 0.284 e. The average Bonchev–Trinajstić information content (AvgIpc) is 3.02. The van der Waals surface area contributed by atoms with E-state index < -0.39 is 0 Å². The number of hydrogen-bond donors (Lipinski definition) is 0. The normalized spacial score (nSPS) is 11.5. The number of fused-ring (bicyclic) bond motifs is 3. The molecule has 0 aliphatic carbocycles. The van der Waals surface area contributed by atoms with Crippen molar-refractivity contribution in [3.63, 3.8) is 0 Å². The lowest BCUT2D eigenvalue weighted by molar-refractivity contribution is 0.667. The maximum atomic E-state index is 13.3. The van der Waals surface area contributed by atoms with Crippen molar-refractivity contribution in [3.8, 4) is 5.69 Å². The third kappa shape index (κ3) is 2.35. The molecule has 0 spiro atoms. The van der Waals surface area contributed by atoms with Crippen molar-refractivity contribution in [2.75, 3.05) is 0 Å². The summed E-state index contributed by atoms with van der Waals surface area (Å²) in [5.74, 6) is 0. The molecule has 0 saturated heterocycles. The van der Waals surface area contributed by atoms with E-state index in [0.717, 1.165) is 33.2 Å². The Hall–Kier alpha value is -2.66. The predicted molar refractivity (Wildman–Crippen MR) is 101 cm³/mol. The van der Waals surface area contributed by atoms with Crippen LogP contribution < -0.4 is 5.56 Å². The minimum absolute atomic E-state index is 0.156. The standard InChI is InChI=1S/C19H17ClN4O/c1-4-23-10-15-14-6-5-13(20)9-16(14)24(19(25)17(15)22-23)18-11(2)7-8-21-12(18)3/h5-10H,4H2,1-3H3. The van der Waals surface area contributed by atoms with Gasteiger partial charge < -0.3 is 0 Å². The number of halogens is 1. The van der Waals surface area contributed by atoms with Crippen LogP contribution in [0.4, 0.5) is 0 Å². The molecular formula is C19H17ClN4O. The van der Waals surface area contributed by atoms with Crippen LogP contribution in [0.15, 0.2) is 41.5 Å². The summed E-state index contributed by atoms with van der Waals surface area (Å²) >= 11 is 6.24. The molecule has 4 rings (SSSR count). The highest BCUT2D eigenvalue weighted by Crippen LogP contribution is 2.28. The Balaban J connectivity index is 2.28. The molecule has 1 aromatic carbocycles. The van der Waals surface area contributed by atoms with Gasteiger partial charge in [-0.3, -0.25) is 19.0 Å². The maximum Gasteiger partial charge on any atom is 0.284 e. The first-order valence-electron chi connectivity index (χ1n) is 8.15. The summed E-state index contributed by atoms with van der Waals surface area (Å²) in [5, 5.41) is 6.85. The average molecular weight is 353 g/mol. The van der Waals surface area contributed by atoms with Crippen molar-refractivity contribution in [2.45, 2.75) is 27.3 Å². The number of pyridine rings is 2. The van der Waals surface area contributed by atoms with Crippen LogP contribution >= 0.6 is 11.6 Å².